The Bertz CT molecular complexity index is 364. The Labute approximate surface area is 88.6 Å². The number of anilines is 1. The molecular weight excluding hydrogens is 192 g/mol. The molecule has 1 aromatic rings. The van der Waals surface area contributed by atoms with Crippen molar-refractivity contribution in [2.24, 2.45) is 0 Å². The minimum Gasteiger partial charge on any atom is -0.399 e. The van der Waals surface area contributed by atoms with Crippen molar-refractivity contribution in [1.82, 2.24) is 0 Å². The number of rotatable bonds is 3. The Hall–Kier alpha value is -1.57. The molecule has 0 bridgehead atoms. The molecule has 80 valence electrons. The molecule has 0 saturated carbocycles. The van der Waals surface area contributed by atoms with Gasteiger partial charge < -0.3 is 15.9 Å². The molecule has 0 amide bonds. The summed E-state index contributed by atoms with van der Waals surface area (Å²) in [6.45, 7) is 1.85. The third-order valence-corrected chi connectivity index (χ3v) is 2.13. The number of nitrogens with zero attached hydrogens (tertiary/aromatic N) is 1. The van der Waals surface area contributed by atoms with Gasteiger partial charge in [-0.3, -0.25) is 0 Å². The number of nitriles is 1. The molecule has 0 aliphatic rings. The van der Waals surface area contributed by atoms with Crippen molar-refractivity contribution in [3.05, 3.63) is 29.3 Å². The van der Waals surface area contributed by atoms with E-state index in [0.717, 1.165) is 5.56 Å². The quantitative estimate of drug-likeness (QED) is 0.640. The Morgan fingerprint density at radius 3 is 2.60 bits per heavy atom. The van der Waals surface area contributed by atoms with Gasteiger partial charge in [0.05, 0.1) is 18.6 Å². The second-order valence-electron chi connectivity index (χ2n) is 3.55. The summed E-state index contributed by atoms with van der Waals surface area (Å²) < 4.78 is 0. The smallest absolute Gasteiger partial charge is 0.106 e. The largest absolute Gasteiger partial charge is 0.399 e. The second-order valence-corrected chi connectivity index (χ2v) is 3.55. The highest BCUT2D eigenvalue weighted by Crippen LogP contribution is 2.22. The van der Waals surface area contributed by atoms with Gasteiger partial charge in [0.25, 0.3) is 0 Å². The Morgan fingerprint density at radius 2 is 2.07 bits per heavy atom. The van der Waals surface area contributed by atoms with E-state index in [9.17, 15) is 10.2 Å². The highest BCUT2D eigenvalue weighted by molar-refractivity contribution is 5.45. The van der Waals surface area contributed by atoms with Crippen molar-refractivity contribution < 1.29 is 10.2 Å². The molecule has 0 fully saturated rings. The van der Waals surface area contributed by atoms with Gasteiger partial charge in [-0.25, -0.2) is 0 Å². The molecule has 0 heterocycles. The zero-order valence-corrected chi connectivity index (χ0v) is 8.51. The maximum Gasteiger partial charge on any atom is 0.106 e. The van der Waals surface area contributed by atoms with Gasteiger partial charge in [0.1, 0.15) is 6.10 Å². The average molecular weight is 206 g/mol. The zero-order valence-electron chi connectivity index (χ0n) is 8.51. The predicted molar refractivity (Wildman–Crippen MR) is 56.8 cm³/mol. The van der Waals surface area contributed by atoms with Gasteiger partial charge in [-0.2, -0.15) is 5.26 Å². The lowest BCUT2D eigenvalue weighted by Crippen LogP contribution is -2.17. The monoisotopic (exact) mass is 206 g/mol. The molecule has 15 heavy (non-hydrogen) atoms. The highest BCUT2D eigenvalue weighted by Gasteiger charge is 2.18. The van der Waals surface area contributed by atoms with Crippen molar-refractivity contribution >= 4 is 5.69 Å². The maximum absolute atomic E-state index is 9.71. The standard InChI is InChI=1S/C11H14N2O2/c1-7-4-8(6-9(13)5-7)11(15)10(14)2-3-12/h4-6,10-11,14-15H,2,13H2,1H3. The molecule has 0 saturated heterocycles. The van der Waals surface area contributed by atoms with Crippen LogP contribution in [0, 0.1) is 18.3 Å². The van der Waals surface area contributed by atoms with E-state index in [0.29, 0.717) is 11.3 Å². The van der Waals surface area contributed by atoms with Gasteiger partial charge in [0.15, 0.2) is 0 Å². The Morgan fingerprint density at radius 1 is 1.40 bits per heavy atom. The first-order valence-electron chi connectivity index (χ1n) is 4.64. The number of aryl methyl sites for hydroxylation is 1. The van der Waals surface area contributed by atoms with Gasteiger partial charge in [-0.15, -0.1) is 0 Å². The van der Waals surface area contributed by atoms with Crippen molar-refractivity contribution in [1.29, 1.82) is 5.26 Å². The van der Waals surface area contributed by atoms with E-state index in [1.54, 1.807) is 24.3 Å². The fourth-order valence-electron chi connectivity index (χ4n) is 1.44. The fourth-order valence-corrected chi connectivity index (χ4v) is 1.44. The number of hydrogen-bond donors (Lipinski definition) is 3. The van der Waals surface area contributed by atoms with Crippen LogP contribution in [0.4, 0.5) is 5.69 Å². The van der Waals surface area contributed by atoms with Crippen LogP contribution in [0.3, 0.4) is 0 Å². The van der Waals surface area contributed by atoms with Gasteiger partial charge >= 0.3 is 0 Å². The third kappa shape index (κ3) is 2.94. The first-order chi connectivity index (χ1) is 7.04. The van der Waals surface area contributed by atoms with Crippen LogP contribution in [0.2, 0.25) is 0 Å². The third-order valence-electron chi connectivity index (χ3n) is 2.13. The molecular formula is C11H14N2O2. The number of nitrogen functional groups attached to an aromatic ring is 1. The number of aliphatic hydroxyl groups excluding tert-OH is 2. The normalized spacial score (nSPS) is 14.3. The van der Waals surface area contributed by atoms with Gasteiger partial charge in [0.2, 0.25) is 0 Å². The minimum atomic E-state index is -1.07. The lowest BCUT2D eigenvalue weighted by molar-refractivity contribution is 0.0216. The van der Waals surface area contributed by atoms with Crippen LogP contribution in [0.5, 0.6) is 0 Å². The summed E-state index contributed by atoms with van der Waals surface area (Å²) in [5.74, 6) is 0. The van der Waals surface area contributed by atoms with Crippen molar-refractivity contribution in [3.63, 3.8) is 0 Å². The molecule has 1 aromatic carbocycles. The molecule has 2 atom stereocenters. The summed E-state index contributed by atoms with van der Waals surface area (Å²) >= 11 is 0. The summed E-state index contributed by atoms with van der Waals surface area (Å²) in [5.41, 5.74) is 7.60. The molecule has 0 aromatic heterocycles. The number of aliphatic hydroxyl groups is 2. The molecule has 0 aliphatic heterocycles. The van der Waals surface area contributed by atoms with Crippen molar-refractivity contribution in [2.45, 2.75) is 25.6 Å². The van der Waals surface area contributed by atoms with Crippen LogP contribution in [0.25, 0.3) is 0 Å². The van der Waals surface area contributed by atoms with Crippen molar-refractivity contribution in [2.75, 3.05) is 5.73 Å². The van der Waals surface area contributed by atoms with E-state index in [1.165, 1.54) is 0 Å². The number of nitrogens with two attached hydrogens (primary N) is 1. The Kier molecular flexibility index (Phi) is 3.67. The number of hydrogen-bond acceptors (Lipinski definition) is 4. The van der Waals surface area contributed by atoms with Crippen LogP contribution in [-0.2, 0) is 0 Å². The van der Waals surface area contributed by atoms with Crippen LogP contribution < -0.4 is 5.73 Å². The minimum absolute atomic E-state index is 0.102. The average Bonchev–Trinajstić information content (AvgIpc) is 2.15. The number of benzene rings is 1. The summed E-state index contributed by atoms with van der Waals surface area (Å²) in [5, 5.41) is 27.5. The molecule has 4 heteroatoms. The van der Waals surface area contributed by atoms with Crippen molar-refractivity contribution in [3.8, 4) is 6.07 Å². The van der Waals surface area contributed by atoms with E-state index < -0.39 is 12.2 Å². The lowest BCUT2D eigenvalue weighted by atomic mass is 10.00. The van der Waals surface area contributed by atoms with E-state index in [4.69, 9.17) is 11.0 Å². The predicted octanol–water partition coefficient (Wildman–Crippen LogP) is 0.885. The van der Waals surface area contributed by atoms with E-state index in [1.807, 2.05) is 6.92 Å². The topological polar surface area (TPSA) is 90.3 Å². The molecule has 4 nitrogen and oxygen atoms in total. The first-order valence-corrected chi connectivity index (χ1v) is 4.64. The van der Waals surface area contributed by atoms with Gasteiger partial charge in [-0.05, 0) is 30.2 Å². The molecule has 1 rings (SSSR count). The van der Waals surface area contributed by atoms with Crippen LogP contribution in [-0.4, -0.2) is 16.3 Å². The summed E-state index contributed by atoms with van der Waals surface area (Å²) in [6.07, 6.45) is -2.24. The van der Waals surface area contributed by atoms with Crippen LogP contribution in [0.1, 0.15) is 23.7 Å². The van der Waals surface area contributed by atoms with E-state index in [-0.39, 0.29) is 6.42 Å². The summed E-state index contributed by atoms with van der Waals surface area (Å²) in [7, 11) is 0. The highest BCUT2D eigenvalue weighted by atomic mass is 16.3. The van der Waals surface area contributed by atoms with Crippen LogP contribution in [0.15, 0.2) is 18.2 Å². The molecule has 2 unspecified atom stereocenters. The molecule has 0 aliphatic carbocycles. The Balaban J connectivity index is 2.91. The molecule has 0 spiro atoms. The lowest BCUT2D eigenvalue weighted by Gasteiger charge is -2.16. The van der Waals surface area contributed by atoms with Gasteiger partial charge in [-0.1, -0.05) is 6.07 Å². The van der Waals surface area contributed by atoms with Crippen LogP contribution >= 0.6 is 0 Å². The first kappa shape index (κ1) is 11.5. The van der Waals surface area contributed by atoms with E-state index >= 15 is 0 Å². The SMILES string of the molecule is Cc1cc(N)cc(C(O)C(O)CC#N)c1. The maximum atomic E-state index is 9.71. The molecule has 4 N–H and O–H groups in total. The summed E-state index contributed by atoms with van der Waals surface area (Å²) in [4.78, 5) is 0. The fraction of sp³-hybridized carbons (Fsp3) is 0.364. The van der Waals surface area contributed by atoms with Gasteiger partial charge in [0, 0.05) is 5.69 Å². The zero-order chi connectivity index (χ0) is 11.4. The van der Waals surface area contributed by atoms with E-state index in [2.05, 4.69) is 0 Å². The summed E-state index contributed by atoms with van der Waals surface area (Å²) in [6, 6.07) is 6.91. The second kappa shape index (κ2) is 4.78. The molecule has 0 radical (unpaired) electrons.